The number of morpholine rings is 1. The second-order valence-corrected chi connectivity index (χ2v) is 18.6. The molecular formula is C40H55ClN4O6S. The lowest BCUT2D eigenvalue weighted by atomic mass is 9.65. The normalized spacial score (nSPS) is 33.3. The van der Waals surface area contributed by atoms with Crippen LogP contribution in [-0.2, 0) is 31.4 Å². The van der Waals surface area contributed by atoms with Gasteiger partial charge in [0, 0.05) is 67.2 Å². The largest absolute Gasteiger partial charge is 0.490 e. The van der Waals surface area contributed by atoms with Gasteiger partial charge in [0.15, 0.2) is 0 Å². The van der Waals surface area contributed by atoms with Crippen LogP contribution in [-0.4, -0.2) is 95.9 Å². The molecule has 2 bridgehead atoms. The third-order valence-electron chi connectivity index (χ3n) is 13.0. The number of hydrogen-bond acceptors (Lipinski definition) is 9. The van der Waals surface area contributed by atoms with Crippen LogP contribution in [0.1, 0.15) is 80.3 Å². The Labute approximate surface area is 314 Å². The minimum atomic E-state index is -3.89. The number of halogens is 1. The number of sulfonamides is 1. The van der Waals surface area contributed by atoms with Crippen LogP contribution in [0.5, 0.6) is 5.75 Å². The van der Waals surface area contributed by atoms with Crippen molar-refractivity contribution in [2.45, 2.75) is 81.9 Å². The minimum absolute atomic E-state index is 0.0315. The van der Waals surface area contributed by atoms with Crippen molar-refractivity contribution >= 4 is 39.5 Å². The number of ether oxygens (including phenoxy) is 2. The number of nitrogens with zero attached hydrogens (tertiary/aromatic N) is 2. The molecule has 3 fully saturated rings. The summed E-state index contributed by atoms with van der Waals surface area (Å²) < 4.78 is 40.6. The number of carbonyl (C=O) groups excluding carboxylic acids is 2. The van der Waals surface area contributed by atoms with Crippen molar-refractivity contribution in [1.29, 1.82) is 0 Å². The van der Waals surface area contributed by atoms with E-state index in [9.17, 15) is 18.0 Å². The first-order valence-corrected chi connectivity index (χ1v) is 21.3. The Morgan fingerprint density at radius 2 is 1.90 bits per heavy atom. The SMILES string of the molecule is C1CN2CCOC[C@H]2CN1.C[C@@H]1[C@@H](C)CCCC(C=O)[C@@H]2CC[C@H]2CN2C[C@@]3(CCCc4cc(Cl)ccc43)COc3ccc(cc32)C(=O)NS1(=O)=O. The molecule has 8 rings (SSSR count). The first-order valence-electron chi connectivity index (χ1n) is 19.4. The third kappa shape index (κ3) is 7.90. The Bertz CT molecular complexity index is 1700. The maximum absolute atomic E-state index is 13.3. The molecule has 12 heteroatoms. The summed E-state index contributed by atoms with van der Waals surface area (Å²) in [5, 5.41) is 3.36. The van der Waals surface area contributed by atoms with Crippen LogP contribution < -0.4 is 19.7 Å². The average Bonchev–Trinajstić information content (AvgIpc) is 3.28. The predicted molar refractivity (Wildman–Crippen MR) is 204 cm³/mol. The molecule has 1 spiro atoms. The molecule has 2 saturated heterocycles. The van der Waals surface area contributed by atoms with E-state index in [0.717, 1.165) is 101 Å². The number of aldehydes is 1. The van der Waals surface area contributed by atoms with E-state index in [1.807, 2.05) is 13.0 Å². The van der Waals surface area contributed by atoms with Gasteiger partial charge in [0.2, 0.25) is 10.0 Å². The molecule has 10 nitrogen and oxygen atoms in total. The molecule has 6 aliphatic rings. The summed E-state index contributed by atoms with van der Waals surface area (Å²) in [6.07, 6.45) is 8.43. The van der Waals surface area contributed by atoms with E-state index in [-0.39, 0.29) is 17.3 Å². The lowest BCUT2D eigenvalue weighted by Gasteiger charge is -2.46. The molecule has 1 unspecified atom stereocenters. The topological polar surface area (TPSA) is 117 Å². The van der Waals surface area contributed by atoms with Crippen molar-refractivity contribution < 1.29 is 27.5 Å². The summed E-state index contributed by atoms with van der Waals surface area (Å²) in [6, 6.07) is 12.1. The summed E-state index contributed by atoms with van der Waals surface area (Å²) in [5.41, 5.74) is 3.37. The van der Waals surface area contributed by atoms with Gasteiger partial charge in [0.05, 0.1) is 30.8 Å². The fourth-order valence-electron chi connectivity index (χ4n) is 9.47. The van der Waals surface area contributed by atoms with Gasteiger partial charge in [-0.1, -0.05) is 31.0 Å². The average molecular weight is 755 g/mol. The number of anilines is 1. The number of rotatable bonds is 1. The number of amides is 1. The maximum atomic E-state index is 13.3. The first kappa shape index (κ1) is 37.6. The molecule has 52 heavy (non-hydrogen) atoms. The van der Waals surface area contributed by atoms with Crippen LogP contribution >= 0.6 is 11.6 Å². The van der Waals surface area contributed by atoms with E-state index < -0.39 is 21.2 Å². The molecule has 2 aromatic rings. The van der Waals surface area contributed by atoms with Crippen molar-refractivity contribution in [3.05, 3.63) is 58.1 Å². The van der Waals surface area contributed by atoms with Crippen LogP contribution in [0.2, 0.25) is 5.02 Å². The molecule has 4 aliphatic heterocycles. The second kappa shape index (κ2) is 16.0. The fourth-order valence-corrected chi connectivity index (χ4v) is 11.0. The smallest absolute Gasteiger partial charge is 0.264 e. The Hall–Kier alpha value is -2.70. The number of carbonyl (C=O) groups is 2. The highest BCUT2D eigenvalue weighted by atomic mass is 35.5. The summed E-state index contributed by atoms with van der Waals surface area (Å²) in [6.45, 7) is 12.0. The monoisotopic (exact) mass is 754 g/mol. The lowest BCUT2D eigenvalue weighted by molar-refractivity contribution is -0.115. The van der Waals surface area contributed by atoms with Crippen molar-refractivity contribution in [1.82, 2.24) is 14.9 Å². The van der Waals surface area contributed by atoms with Gasteiger partial charge >= 0.3 is 0 Å². The fraction of sp³-hybridized carbons (Fsp3) is 0.650. The van der Waals surface area contributed by atoms with Gasteiger partial charge in [-0.25, -0.2) is 13.1 Å². The molecule has 2 aromatic carbocycles. The third-order valence-corrected chi connectivity index (χ3v) is 15.1. The highest BCUT2D eigenvalue weighted by Gasteiger charge is 2.44. The standard InChI is InChI=1S/C33H41ClN2O5S.C7H14N2O/c1-21-5-3-6-26(18-37)28-11-8-25(28)17-36-19-33(14-4-7-23-15-27(34)10-12-29(23)33)20-41-31-13-9-24(16-30(31)36)32(38)35-42(39,40)22(21)2;1-2-9-3-4-10-6-7(9)5-8-1/h9-10,12-13,15-16,18,21-22,25-26,28H,3-8,11,14,17,19-20H2,1-2H3,(H,35,38);7-8H,1-6H2/t21-,22+,25-,26?,28+,33-;7-/m01/s1. The van der Waals surface area contributed by atoms with Crippen LogP contribution in [0.3, 0.4) is 0 Å². The van der Waals surface area contributed by atoms with E-state index in [0.29, 0.717) is 48.8 Å². The number of hydrogen-bond donors (Lipinski definition) is 2. The zero-order valence-electron chi connectivity index (χ0n) is 30.7. The van der Waals surface area contributed by atoms with E-state index in [4.69, 9.17) is 21.1 Å². The summed E-state index contributed by atoms with van der Waals surface area (Å²) >= 11 is 6.39. The van der Waals surface area contributed by atoms with E-state index >= 15 is 0 Å². The van der Waals surface area contributed by atoms with Crippen molar-refractivity contribution in [2.24, 2.45) is 23.7 Å². The first-order chi connectivity index (χ1) is 25.1. The number of nitrogens with one attached hydrogen (secondary N) is 2. The van der Waals surface area contributed by atoms with Crippen LogP contribution in [0.4, 0.5) is 5.69 Å². The Balaban J connectivity index is 0.000000360. The highest BCUT2D eigenvalue weighted by molar-refractivity contribution is 7.90. The van der Waals surface area contributed by atoms with Crippen LogP contribution in [0.15, 0.2) is 36.4 Å². The summed E-state index contributed by atoms with van der Waals surface area (Å²) in [5.74, 6) is 0.559. The quantitative estimate of drug-likeness (QED) is 0.379. The molecule has 4 heterocycles. The molecule has 284 valence electrons. The molecule has 2 aliphatic carbocycles. The number of piperazine rings is 1. The second-order valence-electron chi connectivity index (χ2n) is 16.1. The summed E-state index contributed by atoms with van der Waals surface area (Å²) in [7, 11) is -3.89. The van der Waals surface area contributed by atoms with Gasteiger partial charge in [-0.15, -0.1) is 0 Å². The molecule has 0 aromatic heterocycles. The highest BCUT2D eigenvalue weighted by Crippen LogP contribution is 2.47. The van der Waals surface area contributed by atoms with Crippen molar-refractivity contribution in [2.75, 3.05) is 64.0 Å². The van der Waals surface area contributed by atoms with Gasteiger partial charge < -0.3 is 24.5 Å². The number of aryl methyl sites for hydroxylation is 1. The Morgan fingerprint density at radius 1 is 1.04 bits per heavy atom. The zero-order valence-corrected chi connectivity index (χ0v) is 32.2. The lowest BCUT2D eigenvalue weighted by Crippen LogP contribution is -2.56. The zero-order chi connectivity index (χ0) is 36.5. The molecule has 1 saturated carbocycles. The van der Waals surface area contributed by atoms with Crippen molar-refractivity contribution in [3.8, 4) is 5.75 Å². The van der Waals surface area contributed by atoms with Crippen LogP contribution in [0.25, 0.3) is 0 Å². The minimum Gasteiger partial charge on any atom is -0.490 e. The van der Waals surface area contributed by atoms with Gasteiger partial charge in [-0.05, 0) is 111 Å². The molecule has 1 amide bonds. The molecule has 7 atom stereocenters. The van der Waals surface area contributed by atoms with Crippen LogP contribution in [0, 0.1) is 23.7 Å². The Kier molecular flexibility index (Phi) is 11.5. The molecule has 0 radical (unpaired) electrons. The molecule has 2 N–H and O–H groups in total. The van der Waals surface area contributed by atoms with Gasteiger partial charge in [-0.2, -0.15) is 0 Å². The Morgan fingerprint density at radius 3 is 2.69 bits per heavy atom. The number of fused-ring (bicyclic) bond motifs is 5. The predicted octanol–water partition coefficient (Wildman–Crippen LogP) is 5.21. The van der Waals surface area contributed by atoms with E-state index in [2.05, 4.69) is 32.0 Å². The number of benzene rings is 2. The maximum Gasteiger partial charge on any atom is 0.264 e. The van der Waals surface area contributed by atoms with Crippen molar-refractivity contribution in [3.63, 3.8) is 0 Å². The molecular weight excluding hydrogens is 700 g/mol. The summed E-state index contributed by atoms with van der Waals surface area (Å²) in [4.78, 5) is 30.5. The van der Waals surface area contributed by atoms with Gasteiger partial charge in [0.25, 0.3) is 5.91 Å². The van der Waals surface area contributed by atoms with E-state index in [1.54, 1.807) is 25.1 Å². The van der Waals surface area contributed by atoms with Gasteiger partial charge in [0.1, 0.15) is 12.0 Å². The van der Waals surface area contributed by atoms with E-state index in [1.165, 1.54) is 17.7 Å². The van der Waals surface area contributed by atoms with Gasteiger partial charge in [-0.3, -0.25) is 9.69 Å².